The molecule has 1 saturated carbocycles. The Balaban J connectivity index is 1.82. The summed E-state index contributed by atoms with van der Waals surface area (Å²) in [4.78, 5) is 31.8. The van der Waals surface area contributed by atoms with Crippen molar-refractivity contribution in [1.29, 1.82) is 0 Å². The van der Waals surface area contributed by atoms with Gasteiger partial charge in [0, 0.05) is 24.8 Å². The molecule has 1 heterocycles. The number of guanidine groups is 1. The van der Waals surface area contributed by atoms with Crippen LogP contribution in [0.1, 0.15) is 41.9 Å². The second kappa shape index (κ2) is 13.3. The summed E-state index contributed by atoms with van der Waals surface area (Å²) in [7, 11) is 1.59. The Hall–Kier alpha value is -2.63. The van der Waals surface area contributed by atoms with E-state index >= 15 is 0 Å². The number of aliphatic imine (C=N–C) groups is 1. The van der Waals surface area contributed by atoms with Crippen molar-refractivity contribution in [1.82, 2.24) is 20.8 Å². The summed E-state index contributed by atoms with van der Waals surface area (Å²) in [5, 5.41) is 7.22. The molecule has 1 aliphatic rings. The number of nitrogens with two attached hydrogens (primary N) is 1. The molecule has 0 saturated heterocycles. The van der Waals surface area contributed by atoms with Crippen LogP contribution in [-0.2, 0) is 9.57 Å². The number of ether oxygens (including phenoxy) is 1. The molecule has 0 radical (unpaired) electrons. The predicted octanol–water partition coefficient (Wildman–Crippen LogP) is 2.24. The maximum Gasteiger partial charge on any atom is 0.289 e. The highest BCUT2D eigenvalue weighted by molar-refractivity contribution is 7.98. The van der Waals surface area contributed by atoms with Crippen molar-refractivity contribution in [3.63, 3.8) is 0 Å². The first-order valence-corrected chi connectivity index (χ1v) is 12.9. The number of hydrogen-bond acceptors (Lipinski definition) is 8. The third-order valence-corrected chi connectivity index (χ3v) is 6.14. The molecule has 1 aromatic carbocycles. The van der Waals surface area contributed by atoms with Gasteiger partial charge in [0.25, 0.3) is 5.91 Å². The number of thioether (sulfide) groups is 1. The van der Waals surface area contributed by atoms with Gasteiger partial charge in [0.05, 0.1) is 30.8 Å². The lowest BCUT2D eigenvalue weighted by molar-refractivity contribution is 0.0927. The molecule has 1 aromatic heterocycles. The molecule has 2 atom stereocenters. The lowest BCUT2D eigenvalue weighted by Crippen LogP contribution is -2.40. The van der Waals surface area contributed by atoms with Crippen molar-refractivity contribution in [2.24, 2.45) is 10.7 Å². The van der Waals surface area contributed by atoms with Gasteiger partial charge in [-0.1, -0.05) is 24.5 Å². The van der Waals surface area contributed by atoms with E-state index in [9.17, 15) is 4.79 Å². The number of amides is 1. The molecule has 186 valence electrons. The topological polar surface area (TPSA) is 136 Å². The predicted molar refractivity (Wildman–Crippen MR) is 137 cm³/mol. The third kappa shape index (κ3) is 7.44. The van der Waals surface area contributed by atoms with Crippen LogP contribution in [0, 0.1) is 6.92 Å². The molecule has 11 heteroatoms. The maximum absolute atomic E-state index is 12.6. The maximum atomic E-state index is 12.6. The van der Waals surface area contributed by atoms with E-state index in [0.29, 0.717) is 31.1 Å². The average molecular weight is 490 g/mol. The molecular weight excluding hydrogens is 454 g/mol. The van der Waals surface area contributed by atoms with Gasteiger partial charge in [-0.2, -0.15) is 11.8 Å². The number of carbonyl (C=O) groups excluding carboxylic acids is 1. The molecule has 10 nitrogen and oxygen atoms in total. The number of aryl methyl sites for hydroxylation is 1. The number of hydrogen-bond donors (Lipinski definition) is 4. The van der Waals surface area contributed by atoms with Gasteiger partial charge in [0.15, 0.2) is 0 Å². The van der Waals surface area contributed by atoms with Crippen LogP contribution in [-0.4, -0.2) is 72.8 Å². The normalized spacial score (nSPS) is 18.6. The second-order valence-corrected chi connectivity index (χ2v) is 9.21. The highest BCUT2D eigenvalue weighted by Gasteiger charge is 2.26. The zero-order valence-corrected chi connectivity index (χ0v) is 20.9. The molecule has 1 amide bonds. The van der Waals surface area contributed by atoms with Crippen LogP contribution >= 0.6 is 11.8 Å². The fourth-order valence-corrected chi connectivity index (χ4v) is 4.11. The van der Waals surface area contributed by atoms with E-state index in [-0.39, 0.29) is 29.8 Å². The molecule has 0 aliphatic heterocycles. The molecular formula is C23H35N7O3S. The van der Waals surface area contributed by atoms with Crippen molar-refractivity contribution in [3.05, 3.63) is 29.6 Å². The number of hydroxylamine groups is 1. The summed E-state index contributed by atoms with van der Waals surface area (Å²) < 4.78 is 5.01. The number of aromatic nitrogens is 2. The standard InChI is InChI=1S/C23H35N7O3S/c1-15-8-9-17-16(14-15)20(29-21(26-17)22(31)25-10-11-32-2)27-18-6-4-5-7-19(18)28-23(24)30-33-12-13-34-3/h8-9,14,18-19H,4-7,10-13H2,1-3H3,(H,25,31)(H3,24,28,30)(H,26,27,29)/t18-,19+/m0/s1. The van der Waals surface area contributed by atoms with Crippen LogP contribution in [0.3, 0.4) is 0 Å². The zero-order chi connectivity index (χ0) is 24.3. The summed E-state index contributed by atoms with van der Waals surface area (Å²) in [6.07, 6.45) is 5.99. The quantitative estimate of drug-likeness (QED) is 0.162. The SMILES string of the molecule is COCCNC(=O)c1nc(N[C@H]2CCCC[C@H]2N=C(N)NOCCSC)c2cc(C)ccc2n1. The van der Waals surface area contributed by atoms with E-state index < -0.39 is 0 Å². The Kier molecular flexibility index (Phi) is 10.2. The number of anilines is 1. The van der Waals surface area contributed by atoms with E-state index in [0.717, 1.165) is 42.4 Å². The lowest BCUT2D eigenvalue weighted by Gasteiger charge is -2.30. The van der Waals surface area contributed by atoms with Gasteiger partial charge in [0.2, 0.25) is 11.8 Å². The molecule has 0 unspecified atom stereocenters. The molecule has 1 aliphatic carbocycles. The Morgan fingerprint density at radius 2 is 2.09 bits per heavy atom. The first-order valence-electron chi connectivity index (χ1n) is 11.5. The van der Waals surface area contributed by atoms with Crippen molar-refractivity contribution in [2.75, 3.05) is 44.2 Å². The van der Waals surface area contributed by atoms with E-state index in [1.807, 2.05) is 31.4 Å². The summed E-state index contributed by atoms with van der Waals surface area (Å²) in [6.45, 7) is 3.37. The van der Waals surface area contributed by atoms with E-state index in [1.54, 1.807) is 18.9 Å². The van der Waals surface area contributed by atoms with Gasteiger partial charge in [-0.15, -0.1) is 0 Å². The number of benzene rings is 1. The summed E-state index contributed by atoms with van der Waals surface area (Å²) in [6, 6.07) is 5.89. The van der Waals surface area contributed by atoms with Crippen molar-refractivity contribution < 1.29 is 14.4 Å². The number of nitrogens with zero attached hydrogens (tertiary/aromatic N) is 3. The van der Waals surface area contributed by atoms with Crippen molar-refractivity contribution in [2.45, 2.75) is 44.7 Å². The van der Waals surface area contributed by atoms with Crippen LogP contribution in [0.2, 0.25) is 0 Å². The summed E-state index contributed by atoms with van der Waals surface area (Å²) >= 11 is 1.70. The van der Waals surface area contributed by atoms with Crippen LogP contribution in [0.25, 0.3) is 10.9 Å². The van der Waals surface area contributed by atoms with Crippen molar-refractivity contribution in [3.8, 4) is 0 Å². The van der Waals surface area contributed by atoms with E-state index in [1.165, 1.54) is 0 Å². The van der Waals surface area contributed by atoms with Crippen LogP contribution in [0.4, 0.5) is 5.82 Å². The molecule has 34 heavy (non-hydrogen) atoms. The highest BCUT2D eigenvalue weighted by atomic mass is 32.2. The minimum atomic E-state index is -0.336. The van der Waals surface area contributed by atoms with Gasteiger partial charge in [-0.05, 0) is 38.2 Å². The summed E-state index contributed by atoms with van der Waals surface area (Å²) in [5.74, 6) is 1.54. The van der Waals surface area contributed by atoms with E-state index in [4.69, 9.17) is 15.3 Å². The lowest BCUT2D eigenvalue weighted by atomic mass is 9.90. The monoisotopic (exact) mass is 489 g/mol. The smallest absolute Gasteiger partial charge is 0.289 e. The fraction of sp³-hybridized carbons (Fsp3) is 0.565. The minimum absolute atomic E-state index is 0.0170. The molecule has 0 spiro atoms. The Morgan fingerprint density at radius 3 is 2.88 bits per heavy atom. The van der Waals surface area contributed by atoms with Crippen molar-refractivity contribution >= 4 is 40.3 Å². The van der Waals surface area contributed by atoms with Crippen LogP contribution in [0.15, 0.2) is 23.2 Å². The highest BCUT2D eigenvalue weighted by Crippen LogP contribution is 2.28. The van der Waals surface area contributed by atoms with Crippen LogP contribution < -0.4 is 21.8 Å². The molecule has 1 fully saturated rings. The number of nitrogens with one attached hydrogen (secondary N) is 3. The zero-order valence-electron chi connectivity index (χ0n) is 20.1. The van der Waals surface area contributed by atoms with Gasteiger partial charge >= 0.3 is 0 Å². The molecule has 2 aromatic rings. The first kappa shape index (κ1) is 26.0. The number of fused-ring (bicyclic) bond motifs is 1. The fourth-order valence-electron chi connectivity index (χ4n) is 3.86. The minimum Gasteiger partial charge on any atom is -0.383 e. The van der Waals surface area contributed by atoms with Gasteiger partial charge in [0.1, 0.15) is 5.82 Å². The first-order chi connectivity index (χ1) is 16.5. The van der Waals surface area contributed by atoms with Crippen LogP contribution in [0.5, 0.6) is 0 Å². The van der Waals surface area contributed by atoms with E-state index in [2.05, 4.69) is 31.1 Å². The Bertz CT molecular complexity index is 988. The number of carbonyl (C=O) groups is 1. The molecule has 3 rings (SSSR count). The largest absolute Gasteiger partial charge is 0.383 e. The Labute approximate surface area is 204 Å². The average Bonchev–Trinajstić information content (AvgIpc) is 2.83. The second-order valence-electron chi connectivity index (χ2n) is 8.23. The Morgan fingerprint density at radius 1 is 1.26 bits per heavy atom. The number of methoxy groups -OCH3 is 1. The number of rotatable bonds is 11. The van der Waals surface area contributed by atoms with Gasteiger partial charge < -0.3 is 21.1 Å². The van der Waals surface area contributed by atoms with Gasteiger partial charge in [-0.3, -0.25) is 9.63 Å². The molecule has 5 N–H and O–H groups in total. The van der Waals surface area contributed by atoms with Gasteiger partial charge in [-0.25, -0.2) is 20.4 Å². The third-order valence-electron chi connectivity index (χ3n) is 5.57. The molecule has 0 bridgehead atoms. The summed E-state index contributed by atoms with van der Waals surface area (Å²) in [5.41, 5.74) is 10.6.